The van der Waals surface area contributed by atoms with Gasteiger partial charge >= 0.3 is 0 Å². The normalized spacial score (nSPS) is 11.1. The first kappa shape index (κ1) is 12.4. The van der Waals surface area contributed by atoms with Gasteiger partial charge in [0, 0.05) is 5.56 Å². The molecule has 0 aliphatic rings. The van der Waals surface area contributed by atoms with Crippen LogP contribution >= 0.6 is 0 Å². The van der Waals surface area contributed by atoms with Gasteiger partial charge in [0.2, 0.25) is 0 Å². The van der Waals surface area contributed by atoms with E-state index in [-0.39, 0.29) is 0 Å². The molecule has 0 aliphatic carbocycles. The average Bonchev–Trinajstić information content (AvgIpc) is 2.51. The molecule has 0 aliphatic heterocycles. The molecule has 98 valence electrons. The van der Waals surface area contributed by atoms with Gasteiger partial charge in [-0.25, -0.2) is 0 Å². The van der Waals surface area contributed by atoms with Crippen LogP contribution in [0.1, 0.15) is 11.1 Å². The minimum absolute atomic E-state index is 0.986. The van der Waals surface area contributed by atoms with Gasteiger partial charge in [0.1, 0.15) is 0 Å². The highest BCUT2D eigenvalue weighted by atomic mass is 15.3. The van der Waals surface area contributed by atoms with Crippen molar-refractivity contribution in [3.8, 4) is 0 Å². The van der Waals surface area contributed by atoms with Gasteiger partial charge < -0.3 is 0 Å². The number of hydrogen-bond donors (Lipinski definition) is 1. The SMILES string of the molecule is Cc1ccc(C=NNc2ccccc2)c2ccccc12. The third kappa shape index (κ3) is 2.54. The van der Waals surface area contributed by atoms with Crippen LogP contribution in [0.25, 0.3) is 10.8 Å². The second-order valence-electron chi connectivity index (χ2n) is 4.75. The Hall–Kier alpha value is -2.61. The van der Waals surface area contributed by atoms with Gasteiger partial charge in [0.05, 0.1) is 11.9 Å². The number of anilines is 1. The summed E-state index contributed by atoms with van der Waals surface area (Å²) in [6.07, 6.45) is 1.87. The van der Waals surface area contributed by atoms with Gasteiger partial charge in [-0.2, -0.15) is 5.10 Å². The van der Waals surface area contributed by atoms with E-state index >= 15 is 0 Å². The van der Waals surface area contributed by atoms with Crippen molar-refractivity contribution in [3.63, 3.8) is 0 Å². The average molecular weight is 260 g/mol. The molecule has 0 saturated heterocycles. The molecule has 20 heavy (non-hydrogen) atoms. The van der Waals surface area contributed by atoms with Crippen molar-refractivity contribution in [1.82, 2.24) is 0 Å². The topological polar surface area (TPSA) is 24.4 Å². The highest BCUT2D eigenvalue weighted by Gasteiger charge is 2.00. The lowest BCUT2D eigenvalue weighted by Gasteiger charge is -2.05. The highest BCUT2D eigenvalue weighted by Crippen LogP contribution is 2.21. The molecule has 0 spiro atoms. The quantitative estimate of drug-likeness (QED) is 0.540. The number of rotatable bonds is 3. The summed E-state index contributed by atoms with van der Waals surface area (Å²) in [6.45, 7) is 2.13. The predicted molar refractivity (Wildman–Crippen MR) is 86.3 cm³/mol. The Morgan fingerprint density at radius 1 is 0.800 bits per heavy atom. The van der Waals surface area contributed by atoms with Crippen LogP contribution < -0.4 is 5.43 Å². The molecule has 0 aromatic heterocycles. The fourth-order valence-electron chi connectivity index (χ4n) is 2.27. The summed E-state index contributed by atoms with van der Waals surface area (Å²) in [5.74, 6) is 0. The lowest BCUT2D eigenvalue weighted by atomic mass is 10.0. The molecule has 3 aromatic rings. The Labute approximate surface area is 118 Å². The Balaban J connectivity index is 1.90. The van der Waals surface area contributed by atoms with Gasteiger partial charge in [0.15, 0.2) is 0 Å². The Morgan fingerprint density at radius 3 is 2.30 bits per heavy atom. The summed E-state index contributed by atoms with van der Waals surface area (Å²) in [6, 6.07) is 22.6. The maximum atomic E-state index is 4.32. The van der Waals surface area contributed by atoms with Crippen LogP contribution in [-0.4, -0.2) is 6.21 Å². The van der Waals surface area contributed by atoms with Crippen molar-refractivity contribution >= 4 is 22.7 Å². The molecule has 0 saturated carbocycles. The Bertz CT molecular complexity index is 746. The van der Waals surface area contributed by atoms with E-state index in [0.29, 0.717) is 0 Å². The summed E-state index contributed by atoms with van der Waals surface area (Å²) in [5.41, 5.74) is 6.43. The molecule has 3 aromatic carbocycles. The van der Waals surface area contributed by atoms with Crippen LogP contribution in [0.15, 0.2) is 71.8 Å². The van der Waals surface area contributed by atoms with Gasteiger partial charge in [-0.3, -0.25) is 5.43 Å². The standard InChI is InChI=1S/C18H16N2/c1-14-11-12-15(18-10-6-5-9-17(14)18)13-19-20-16-7-3-2-4-8-16/h2-13,20H,1H3. The van der Waals surface area contributed by atoms with Crippen LogP contribution in [0.3, 0.4) is 0 Å². The third-order valence-electron chi connectivity index (χ3n) is 3.35. The molecular weight excluding hydrogens is 244 g/mol. The number of para-hydroxylation sites is 1. The molecule has 0 radical (unpaired) electrons. The molecule has 1 N–H and O–H groups in total. The maximum Gasteiger partial charge on any atom is 0.0561 e. The first-order chi connectivity index (χ1) is 9.84. The third-order valence-corrected chi connectivity index (χ3v) is 3.35. The molecule has 0 atom stereocenters. The number of hydrogen-bond acceptors (Lipinski definition) is 2. The Morgan fingerprint density at radius 2 is 1.50 bits per heavy atom. The summed E-state index contributed by atoms with van der Waals surface area (Å²) >= 11 is 0. The molecule has 2 nitrogen and oxygen atoms in total. The number of hydrazone groups is 1. The van der Waals surface area contributed by atoms with E-state index in [1.54, 1.807) is 0 Å². The zero-order valence-corrected chi connectivity index (χ0v) is 11.4. The monoisotopic (exact) mass is 260 g/mol. The van der Waals surface area contributed by atoms with Gasteiger partial charge in [-0.15, -0.1) is 0 Å². The number of aryl methyl sites for hydroxylation is 1. The maximum absolute atomic E-state index is 4.32. The Kier molecular flexibility index (Phi) is 3.46. The predicted octanol–water partition coefficient (Wildman–Crippen LogP) is 4.59. The number of nitrogens with zero attached hydrogens (tertiary/aromatic N) is 1. The van der Waals surface area contributed by atoms with Crippen LogP contribution in [0.5, 0.6) is 0 Å². The van der Waals surface area contributed by atoms with Crippen LogP contribution in [0.4, 0.5) is 5.69 Å². The van der Waals surface area contributed by atoms with Crippen molar-refractivity contribution < 1.29 is 0 Å². The van der Waals surface area contributed by atoms with E-state index in [4.69, 9.17) is 0 Å². The summed E-state index contributed by atoms with van der Waals surface area (Å²) < 4.78 is 0. The summed E-state index contributed by atoms with van der Waals surface area (Å²) in [4.78, 5) is 0. The van der Waals surface area contributed by atoms with Crippen LogP contribution in [0, 0.1) is 6.92 Å². The molecule has 0 bridgehead atoms. The number of nitrogens with one attached hydrogen (secondary N) is 1. The second-order valence-corrected chi connectivity index (χ2v) is 4.75. The van der Waals surface area contributed by atoms with Crippen molar-refractivity contribution in [2.75, 3.05) is 5.43 Å². The van der Waals surface area contributed by atoms with Crippen LogP contribution in [-0.2, 0) is 0 Å². The molecule has 0 unspecified atom stereocenters. The fourth-order valence-corrected chi connectivity index (χ4v) is 2.27. The van der Waals surface area contributed by atoms with Gasteiger partial charge in [0.25, 0.3) is 0 Å². The van der Waals surface area contributed by atoms with E-state index in [1.165, 1.54) is 16.3 Å². The van der Waals surface area contributed by atoms with E-state index in [9.17, 15) is 0 Å². The van der Waals surface area contributed by atoms with Crippen molar-refractivity contribution in [3.05, 3.63) is 77.9 Å². The van der Waals surface area contributed by atoms with Gasteiger partial charge in [-0.05, 0) is 35.4 Å². The van der Waals surface area contributed by atoms with Gasteiger partial charge in [-0.1, -0.05) is 54.6 Å². The molecule has 2 heteroatoms. The first-order valence-corrected chi connectivity index (χ1v) is 6.67. The lowest BCUT2D eigenvalue weighted by molar-refractivity contribution is 1.35. The lowest BCUT2D eigenvalue weighted by Crippen LogP contribution is -1.92. The fraction of sp³-hybridized carbons (Fsp3) is 0.0556. The molecule has 0 heterocycles. The molecule has 0 amide bonds. The molecule has 3 rings (SSSR count). The van der Waals surface area contributed by atoms with Crippen molar-refractivity contribution in [2.45, 2.75) is 6.92 Å². The summed E-state index contributed by atoms with van der Waals surface area (Å²) in [5, 5.41) is 6.82. The zero-order valence-electron chi connectivity index (χ0n) is 11.4. The zero-order chi connectivity index (χ0) is 13.8. The van der Waals surface area contributed by atoms with Crippen molar-refractivity contribution in [1.29, 1.82) is 0 Å². The largest absolute Gasteiger partial charge is 0.279 e. The number of fused-ring (bicyclic) bond motifs is 1. The second kappa shape index (κ2) is 5.57. The van der Waals surface area contributed by atoms with E-state index in [1.807, 2.05) is 36.5 Å². The van der Waals surface area contributed by atoms with Crippen molar-refractivity contribution in [2.24, 2.45) is 5.10 Å². The molecular formula is C18H16N2. The highest BCUT2D eigenvalue weighted by molar-refractivity contribution is 6.01. The van der Waals surface area contributed by atoms with E-state index in [0.717, 1.165) is 11.3 Å². The van der Waals surface area contributed by atoms with E-state index < -0.39 is 0 Å². The summed E-state index contributed by atoms with van der Waals surface area (Å²) in [7, 11) is 0. The minimum Gasteiger partial charge on any atom is -0.279 e. The first-order valence-electron chi connectivity index (χ1n) is 6.67. The smallest absolute Gasteiger partial charge is 0.0561 e. The number of benzene rings is 3. The molecule has 0 fully saturated rings. The minimum atomic E-state index is 0.986. The van der Waals surface area contributed by atoms with E-state index in [2.05, 4.69) is 53.8 Å². The van der Waals surface area contributed by atoms with Crippen LogP contribution in [0.2, 0.25) is 0 Å².